The number of aliphatic hydroxyl groups excluding tert-OH is 1. The number of hydrogen-bond donors (Lipinski definition) is 4. The van der Waals surface area contributed by atoms with Crippen molar-refractivity contribution in [2.24, 2.45) is 0 Å². The van der Waals surface area contributed by atoms with E-state index in [4.69, 9.17) is 14.9 Å². The Morgan fingerprint density at radius 2 is 2.12 bits per heavy atom. The van der Waals surface area contributed by atoms with E-state index in [0.29, 0.717) is 5.75 Å². The van der Waals surface area contributed by atoms with Crippen molar-refractivity contribution in [3.05, 3.63) is 54.2 Å². The molecule has 3 rings (SSSR count). The molecular formula is C19H20N2O4. The molecule has 0 saturated heterocycles. The first-order valence-corrected chi connectivity index (χ1v) is 7.94. The Hall–Kier alpha value is -2.83. The van der Waals surface area contributed by atoms with Crippen molar-refractivity contribution < 1.29 is 19.7 Å². The Labute approximate surface area is 145 Å². The van der Waals surface area contributed by atoms with Crippen LogP contribution in [0.4, 0.5) is 0 Å². The van der Waals surface area contributed by atoms with E-state index in [1.54, 1.807) is 7.11 Å². The van der Waals surface area contributed by atoms with Gasteiger partial charge in [0.15, 0.2) is 0 Å². The minimum absolute atomic E-state index is 0.287. The molecule has 0 fully saturated rings. The van der Waals surface area contributed by atoms with Crippen LogP contribution in [0.1, 0.15) is 5.56 Å². The number of carbonyl (C=O) groups is 1. The molecule has 0 saturated carbocycles. The van der Waals surface area contributed by atoms with E-state index in [0.717, 1.165) is 27.6 Å². The molecule has 1 heterocycles. The molecule has 0 aliphatic rings. The number of aliphatic carboxylic acids is 1. The second-order valence-corrected chi connectivity index (χ2v) is 5.73. The normalized spacial score (nSPS) is 12.2. The molecule has 6 nitrogen and oxygen atoms in total. The zero-order valence-electron chi connectivity index (χ0n) is 13.8. The van der Waals surface area contributed by atoms with Gasteiger partial charge in [0.25, 0.3) is 0 Å². The van der Waals surface area contributed by atoms with Crippen LogP contribution >= 0.6 is 0 Å². The predicted octanol–water partition coefficient (Wildman–Crippen LogP) is 2.38. The Kier molecular flexibility index (Phi) is 5.02. The van der Waals surface area contributed by atoms with E-state index >= 15 is 0 Å². The van der Waals surface area contributed by atoms with E-state index in [-0.39, 0.29) is 6.54 Å². The Morgan fingerprint density at radius 1 is 1.28 bits per heavy atom. The van der Waals surface area contributed by atoms with Crippen LogP contribution in [0.3, 0.4) is 0 Å². The van der Waals surface area contributed by atoms with Crippen LogP contribution in [0.2, 0.25) is 0 Å². The Bertz CT molecular complexity index is 888. The number of H-pyrrole nitrogens is 1. The fourth-order valence-electron chi connectivity index (χ4n) is 2.86. The van der Waals surface area contributed by atoms with Crippen LogP contribution in [0.15, 0.2) is 48.7 Å². The second-order valence-electron chi connectivity index (χ2n) is 5.73. The highest BCUT2D eigenvalue weighted by Gasteiger charge is 2.16. The lowest BCUT2D eigenvalue weighted by atomic mass is 9.99. The molecule has 0 bridgehead atoms. The molecule has 25 heavy (non-hydrogen) atoms. The largest absolute Gasteiger partial charge is 0.496 e. The van der Waals surface area contributed by atoms with Crippen molar-refractivity contribution in [1.29, 1.82) is 0 Å². The summed E-state index contributed by atoms with van der Waals surface area (Å²) in [6.45, 7) is -0.180. The molecular weight excluding hydrogens is 320 g/mol. The first-order valence-electron chi connectivity index (χ1n) is 7.94. The van der Waals surface area contributed by atoms with Crippen LogP contribution in [0, 0.1) is 0 Å². The van der Waals surface area contributed by atoms with E-state index in [9.17, 15) is 4.79 Å². The van der Waals surface area contributed by atoms with Gasteiger partial charge >= 0.3 is 5.97 Å². The number of fused-ring (bicyclic) bond motifs is 1. The number of carboxylic acids is 1. The van der Waals surface area contributed by atoms with Crippen LogP contribution in [0.5, 0.6) is 5.75 Å². The van der Waals surface area contributed by atoms with Gasteiger partial charge in [0.1, 0.15) is 11.8 Å². The Balaban J connectivity index is 1.89. The van der Waals surface area contributed by atoms with Gasteiger partial charge in [0, 0.05) is 29.2 Å². The molecule has 0 amide bonds. The zero-order chi connectivity index (χ0) is 17.8. The van der Waals surface area contributed by atoms with Crippen molar-refractivity contribution >= 4 is 16.9 Å². The number of aromatic amines is 1. The van der Waals surface area contributed by atoms with Gasteiger partial charge in [0.2, 0.25) is 0 Å². The highest BCUT2D eigenvalue weighted by atomic mass is 16.5. The molecule has 1 unspecified atom stereocenters. The number of aromatic nitrogens is 1. The van der Waals surface area contributed by atoms with Crippen molar-refractivity contribution in [2.45, 2.75) is 12.6 Å². The minimum Gasteiger partial charge on any atom is -0.496 e. The van der Waals surface area contributed by atoms with Gasteiger partial charge in [-0.3, -0.25) is 10.1 Å². The van der Waals surface area contributed by atoms with E-state index in [2.05, 4.69) is 16.4 Å². The average molecular weight is 340 g/mol. The van der Waals surface area contributed by atoms with Crippen LogP contribution in [-0.4, -0.2) is 40.9 Å². The van der Waals surface area contributed by atoms with Crippen molar-refractivity contribution in [3.8, 4) is 16.9 Å². The van der Waals surface area contributed by atoms with Gasteiger partial charge in [0.05, 0.1) is 13.7 Å². The lowest BCUT2D eigenvalue weighted by Crippen LogP contribution is -2.39. The lowest BCUT2D eigenvalue weighted by Gasteiger charge is -2.15. The molecule has 130 valence electrons. The number of rotatable bonds is 7. The monoisotopic (exact) mass is 340 g/mol. The number of aliphatic hydroxyl groups is 1. The first-order chi connectivity index (χ1) is 12.1. The van der Waals surface area contributed by atoms with Gasteiger partial charge in [-0.15, -0.1) is 0 Å². The molecule has 2 aromatic carbocycles. The lowest BCUT2D eigenvalue weighted by molar-refractivity contribution is -0.140. The average Bonchev–Trinajstić information content (AvgIpc) is 3.10. The quantitative estimate of drug-likeness (QED) is 0.530. The maximum Gasteiger partial charge on any atom is 0.323 e. The molecule has 0 spiro atoms. The Morgan fingerprint density at radius 3 is 2.84 bits per heavy atom. The fourth-order valence-corrected chi connectivity index (χ4v) is 2.86. The minimum atomic E-state index is -1.09. The third kappa shape index (κ3) is 3.50. The molecule has 0 aliphatic carbocycles. The molecule has 0 radical (unpaired) electrons. The van der Waals surface area contributed by atoms with Crippen LogP contribution < -0.4 is 10.1 Å². The molecule has 1 aromatic heterocycles. The van der Waals surface area contributed by atoms with Gasteiger partial charge < -0.3 is 19.9 Å². The van der Waals surface area contributed by atoms with Gasteiger partial charge in [-0.2, -0.15) is 0 Å². The van der Waals surface area contributed by atoms with Crippen LogP contribution in [-0.2, 0) is 11.3 Å². The number of hydrogen-bond acceptors (Lipinski definition) is 4. The summed E-state index contributed by atoms with van der Waals surface area (Å²) < 4.78 is 5.47. The highest BCUT2D eigenvalue weighted by molar-refractivity contribution is 5.95. The molecule has 4 N–H and O–H groups in total. The molecule has 1 atom stereocenters. The first kappa shape index (κ1) is 17.0. The van der Waals surface area contributed by atoms with Crippen molar-refractivity contribution in [3.63, 3.8) is 0 Å². The summed E-state index contributed by atoms with van der Waals surface area (Å²) in [5.41, 5.74) is 4.00. The van der Waals surface area contributed by atoms with Crippen molar-refractivity contribution in [2.75, 3.05) is 13.7 Å². The van der Waals surface area contributed by atoms with E-state index in [1.807, 2.05) is 42.6 Å². The maximum absolute atomic E-state index is 11.0. The summed E-state index contributed by atoms with van der Waals surface area (Å²) in [6.07, 6.45) is 1.91. The zero-order valence-corrected chi connectivity index (χ0v) is 13.8. The number of nitrogens with one attached hydrogen (secondary N) is 2. The number of carboxylic acid groups (broad SMARTS) is 1. The SMILES string of the molecule is COc1cc(-c2cccc3[nH]ccc23)ccc1CNC(CO)C(=O)O. The predicted molar refractivity (Wildman–Crippen MR) is 95.6 cm³/mol. The third-order valence-electron chi connectivity index (χ3n) is 4.21. The summed E-state index contributed by atoms with van der Waals surface area (Å²) in [7, 11) is 1.58. The fraction of sp³-hybridized carbons (Fsp3) is 0.211. The number of ether oxygens (including phenoxy) is 1. The second kappa shape index (κ2) is 7.38. The van der Waals surface area contributed by atoms with Gasteiger partial charge in [-0.1, -0.05) is 24.3 Å². The van der Waals surface area contributed by atoms with E-state index in [1.165, 1.54) is 0 Å². The van der Waals surface area contributed by atoms with E-state index < -0.39 is 18.6 Å². The number of methoxy groups -OCH3 is 1. The number of benzene rings is 2. The smallest absolute Gasteiger partial charge is 0.323 e. The summed E-state index contributed by atoms with van der Waals surface area (Å²) >= 11 is 0. The summed E-state index contributed by atoms with van der Waals surface area (Å²) in [5, 5.41) is 22.0. The maximum atomic E-state index is 11.0. The summed E-state index contributed by atoms with van der Waals surface area (Å²) in [4.78, 5) is 14.2. The highest BCUT2D eigenvalue weighted by Crippen LogP contribution is 2.32. The molecule has 3 aromatic rings. The summed E-state index contributed by atoms with van der Waals surface area (Å²) in [5.74, 6) is -0.420. The topological polar surface area (TPSA) is 94.6 Å². The standard InChI is InChI=1S/C19H20N2O4/c1-25-18-9-12(14-3-2-4-16-15(14)7-8-20-16)5-6-13(18)10-21-17(11-22)19(23)24/h2-9,17,20-22H,10-11H2,1H3,(H,23,24). The molecule has 6 heteroatoms. The third-order valence-corrected chi connectivity index (χ3v) is 4.21. The van der Waals surface area contributed by atoms with Gasteiger partial charge in [-0.25, -0.2) is 0 Å². The molecule has 0 aliphatic heterocycles. The van der Waals surface area contributed by atoms with Crippen LogP contribution in [0.25, 0.3) is 22.0 Å². The van der Waals surface area contributed by atoms with Gasteiger partial charge in [-0.05, 0) is 29.3 Å². The summed E-state index contributed by atoms with van der Waals surface area (Å²) in [6, 6.07) is 12.9. The van der Waals surface area contributed by atoms with Crippen molar-refractivity contribution in [1.82, 2.24) is 10.3 Å².